The van der Waals surface area contributed by atoms with Gasteiger partial charge in [-0.05, 0) is 25.1 Å². The van der Waals surface area contributed by atoms with E-state index in [-0.39, 0.29) is 16.5 Å². The van der Waals surface area contributed by atoms with E-state index in [4.69, 9.17) is 23.2 Å². The number of aromatic nitrogens is 2. The maximum atomic E-state index is 11.6. The zero-order valence-corrected chi connectivity index (χ0v) is 11.8. The van der Waals surface area contributed by atoms with Crippen LogP contribution in [0.25, 0.3) is 0 Å². The van der Waals surface area contributed by atoms with Crippen LogP contribution in [0, 0.1) is 6.92 Å². The molecule has 3 N–H and O–H groups in total. The maximum Gasteiger partial charge on any atom is 0.291 e. The number of phenols is 1. The summed E-state index contributed by atoms with van der Waals surface area (Å²) < 4.78 is 0. The molecule has 0 saturated heterocycles. The number of rotatable bonds is 3. The third-order valence-corrected chi connectivity index (χ3v) is 2.87. The molecule has 1 amide bonds. The van der Waals surface area contributed by atoms with Gasteiger partial charge < -0.3 is 5.11 Å². The average Bonchev–Trinajstić information content (AvgIpc) is 2.81. The number of carbonyl (C=O) groups excluding carboxylic acids is 1. The number of hydrogen-bond acceptors (Lipinski definition) is 4. The lowest BCUT2D eigenvalue weighted by atomic mass is 10.2. The van der Waals surface area contributed by atoms with E-state index < -0.39 is 5.91 Å². The van der Waals surface area contributed by atoms with E-state index >= 15 is 0 Å². The van der Waals surface area contributed by atoms with Gasteiger partial charge in [0.2, 0.25) is 0 Å². The first kappa shape index (κ1) is 14.4. The van der Waals surface area contributed by atoms with E-state index in [0.29, 0.717) is 10.6 Å². The van der Waals surface area contributed by atoms with Crippen LogP contribution in [-0.2, 0) is 0 Å². The molecule has 1 aromatic heterocycles. The minimum absolute atomic E-state index is 0.105. The summed E-state index contributed by atoms with van der Waals surface area (Å²) in [5, 5.41) is 20.3. The van der Waals surface area contributed by atoms with Gasteiger partial charge in [-0.15, -0.1) is 0 Å². The fourth-order valence-corrected chi connectivity index (χ4v) is 1.95. The van der Waals surface area contributed by atoms with E-state index in [1.54, 1.807) is 13.0 Å². The van der Waals surface area contributed by atoms with Gasteiger partial charge in [-0.25, -0.2) is 5.43 Å². The summed E-state index contributed by atoms with van der Waals surface area (Å²) in [7, 11) is 0. The third-order valence-electron chi connectivity index (χ3n) is 2.37. The number of halogens is 2. The van der Waals surface area contributed by atoms with Gasteiger partial charge in [0.15, 0.2) is 5.69 Å². The summed E-state index contributed by atoms with van der Waals surface area (Å²) in [5.41, 5.74) is 3.55. The van der Waals surface area contributed by atoms with Crippen LogP contribution in [-0.4, -0.2) is 27.4 Å². The van der Waals surface area contributed by atoms with Crippen molar-refractivity contribution in [1.29, 1.82) is 0 Å². The van der Waals surface area contributed by atoms with Crippen LogP contribution in [0.1, 0.15) is 21.7 Å². The van der Waals surface area contributed by atoms with Gasteiger partial charge >= 0.3 is 0 Å². The largest absolute Gasteiger partial charge is 0.506 e. The Morgan fingerprint density at radius 1 is 1.45 bits per heavy atom. The molecule has 2 aromatic rings. The number of nitrogens with one attached hydrogen (secondary N) is 2. The van der Waals surface area contributed by atoms with Crippen LogP contribution >= 0.6 is 23.2 Å². The van der Waals surface area contributed by atoms with Crippen LogP contribution in [0.3, 0.4) is 0 Å². The molecule has 2 rings (SSSR count). The molecule has 0 aliphatic heterocycles. The fraction of sp³-hybridized carbons (Fsp3) is 0.0833. The Bertz CT molecular complexity index is 682. The van der Waals surface area contributed by atoms with E-state index in [1.165, 1.54) is 18.3 Å². The van der Waals surface area contributed by atoms with Crippen molar-refractivity contribution < 1.29 is 9.90 Å². The second-order valence-electron chi connectivity index (χ2n) is 3.96. The quantitative estimate of drug-likeness (QED) is 0.600. The van der Waals surface area contributed by atoms with Gasteiger partial charge in [-0.3, -0.25) is 9.89 Å². The van der Waals surface area contributed by atoms with Gasteiger partial charge in [0.05, 0.1) is 11.2 Å². The number of phenolic OH excluding ortho intramolecular Hbond substituents is 1. The molecule has 0 atom stereocenters. The minimum Gasteiger partial charge on any atom is -0.506 e. The number of aromatic amines is 1. The van der Waals surface area contributed by atoms with E-state index in [9.17, 15) is 9.90 Å². The molecule has 0 unspecified atom stereocenters. The Balaban J connectivity index is 2.09. The lowest BCUT2D eigenvalue weighted by Gasteiger charge is -2.02. The molecule has 6 nitrogen and oxygen atoms in total. The summed E-state index contributed by atoms with van der Waals surface area (Å²) in [6, 6.07) is 4.45. The Morgan fingerprint density at radius 3 is 2.85 bits per heavy atom. The van der Waals surface area contributed by atoms with E-state index in [1.807, 2.05) is 0 Å². The standard InChI is InChI=1S/C12H10Cl2N4O2/c1-6-2-10(17-16-6)12(20)18-15-5-7-3-8(13)4-9(14)11(7)19/h2-5,19H,1H3,(H,16,17)(H,18,20)/b15-5+. The number of H-pyrrole nitrogens is 1. The molecular formula is C12H10Cl2N4O2. The number of amides is 1. The molecule has 0 aliphatic rings. The summed E-state index contributed by atoms with van der Waals surface area (Å²) in [6.07, 6.45) is 1.24. The summed E-state index contributed by atoms with van der Waals surface area (Å²) in [6.45, 7) is 1.78. The van der Waals surface area contributed by atoms with Crippen molar-refractivity contribution in [2.75, 3.05) is 0 Å². The van der Waals surface area contributed by atoms with Crippen LogP contribution in [0.4, 0.5) is 0 Å². The lowest BCUT2D eigenvalue weighted by molar-refractivity contribution is 0.0950. The lowest BCUT2D eigenvalue weighted by Crippen LogP contribution is -2.18. The number of hydrazone groups is 1. The number of benzene rings is 1. The molecule has 104 valence electrons. The summed E-state index contributed by atoms with van der Waals surface area (Å²) >= 11 is 11.6. The SMILES string of the molecule is Cc1cc(C(=O)N/N=C/c2cc(Cl)cc(Cl)c2O)n[nH]1. The van der Waals surface area contributed by atoms with Crippen molar-refractivity contribution in [2.24, 2.45) is 5.10 Å². The van der Waals surface area contributed by atoms with Gasteiger partial charge in [-0.1, -0.05) is 23.2 Å². The Labute approximate surface area is 124 Å². The zero-order valence-electron chi connectivity index (χ0n) is 10.3. The Morgan fingerprint density at radius 2 is 2.20 bits per heavy atom. The van der Waals surface area contributed by atoms with Crippen LogP contribution < -0.4 is 5.43 Å². The molecule has 0 radical (unpaired) electrons. The molecular weight excluding hydrogens is 303 g/mol. The van der Waals surface area contributed by atoms with Gasteiger partial charge in [0, 0.05) is 16.3 Å². The molecule has 0 bridgehead atoms. The average molecular weight is 313 g/mol. The Hall–Kier alpha value is -2.05. The van der Waals surface area contributed by atoms with Crippen molar-refractivity contribution in [3.8, 4) is 5.75 Å². The molecule has 1 aromatic carbocycles. The van der Waals surface area contributed by atoms with Crippen molar-refractivity contribution >= 4 is 35.3 Å². The highest BCUT2D eigenvalue weighted by Crippen LogP contribution is 2.29. The molecule has 1 heterocycles. The monoisotopic (exact) mass is 312 g/mol. The topological polar surface area (TPSA) is 90.4 Å². The second-order valence-corrected chi connectivity index (χ2v) is 4.80. The van der Waals surface area contributed by atoms with Gasteiger partial charge in [0.1, 0.15) is 5.75 Å². The van der Waals surface area contributed by atoms with Crippen molar-refractivity contribution in [1.82, 2.24) is 15.6 Å². The first-order chi connectivity index (χ1) is 9.47. The molecule has 0 spiro atoms. The first-order valence-electron chi connectivity index (χ1n) is 5.51. The highest BCUT2D eigenvalue weighted by atomic mass is 35.5. The molecule has 0 fully saturated rings. The number of aryl methyl sites for hydroxylation is 1. The number of hydrogen-bond donors (Lipinski definition) is 3. The first-order valence-corrected chi connectivity index (χ1v) is 6.26. The highest BCUT2D eigenvalue weighted by molar-refractivity contribution is 6.36. The van der Waals surface area contributed by atoms with Gasteiger partial charge in [-0.2, -0.15) is 10.2 Å². The Kier molecular flexibility index (Phi) is 4.26. The minimum atomic E-state index is -0.474. The van der Waals surface area contributed by atoms with Crippen LogP contribution in [0.15, 0.2) is 23.3 Å². The smallest absolute Gasteiger partial charge is 0.291 e. The molecule has 8 heteroatoms. The summed E-state index contributed by atoms with van der Waals surface area (Å²) in [5.74, 6) is -0.636. The third kappa shape index (κ3) is 3.28. The zero-order chi connectivity index (χ0) is 14.7. The number of aromatic hydroxyl groups is 1. The normalized spacial score (nSPS) is 10.9. The van der Waals surface area contributed by atoms with Gasteiger partial charge in [0.25, 0.3) is 5.91 Å². The molecule has 0 aliphatic carbocycles. The van der Waals surface area contributed by atoms with Crippen molar-refractivity contribution in [2.45, 2.75) is 6.92 Å². The molecule has 20 heavy (non-hydrogen) atoms. The van der Waals surface area contributed by atoms with E-state index in [2.05, 4.69) is 20.7 Å². The van der Waals surface area contributed by atoms with Crippen molar-refractivity contribution in [3.05, 3.63) is 45.2 Å². The van der Waals surface area contributed by atoms with Crippen LogP contribution in [0.5, 0.6) is 5.75 Å². The number of carbonyl (C=O) groups is 1. The fourth-order valence-electron chi connectivity index (χ4n) is 1.44. The van der Waals surface area contributed by atoms with E-state index in [0.717, 1.165) is 5.69 Å². The predicted octanol–water partition coefficient (Wildman–Crippen LogP) is 2.49. The summed E-state index contributed by atoms with van der Waals surface area (Å²) in [4.78, 5) is 11.6. The highest BCUT2D eigenvalue weighted by Gasteiger charge is 2.08. The predicted molar refractivity (Wildman–Crippen MR) is 76.5 cm³/mol. The van der Waals surface area contributed by atoms with Crippen molar-refractivity contribution in [3.63, 3.8) is 0 Å². The molecule has 0 saturated carbocycles. The number of nitrogens with zero attached hydrogens (tertiary/aromatic N) is 2. The maximum absolute atomic E-state index is 11.6. The van der Waals surface area contributed by atoms with Crippen LogP contribution in [0.2, 0.25) is 10.0 Å². The second kappa shape index (κ2) is 5.94.